The van der Waals surface area contributed by atoms with Crippen LogP contribution in [-0.2, 0) is 0 Å². The van der Waals surface area contributed by atoms with Crippen molar-refractivity contribution in [1.82, 2.24) is 0 Å². The van der Waals surface area contributed by atoms with Crippen molar-refractivity contribution >= 4 is 21.7 Å². The highest BCUT2D eigenvalue weighted by Gasteiger charge is 2.17. The van der Waals surface area contributed by atoms with Crippen LogP contribution in [0.25, 0.3) is 0 Å². The molecule has 0 aliphatic rings. The molecule has 2 aromatic carbocycles. The van der Waals surface area contributed by atoms with Gasteiger partial charge in [0.1, 0.15) is 5.82 Å². The van der Waals surface area contributed by atoms with Crippen molar-refractivity contribution in [2.75, 3.05) is 14.2 Å². The standard InChI is InChI=1S/C16H14BrFO3/c1-9-4-14(20-2)15(21-3)8-13(9)16(19)10-5-11(17)7-12(18)6-10/h4-8H,1-3H3. The Hall–Kier alpha value is -1.88. The molecule has 0 spiro atoms. The SMILES string of the molecule is COc1cc(C)c(C(=O)c2cc(F)cc(Br)c2)cc1OC. The van der Waals surface area contributed by atoms with Gasteiger partial charge in [0.15, 0.2) is 17.3 Å². The van der Waals surface area contributed by atoms with Crippen LogP contribution in [-0.4, -0.2) is 20.0 Å². The third-order valence-corrected chi connectivity index (χ3v) is 3.56. The van der Waals surface area contributed by atoms with Crippen LogP contribution in [0.4, 0.5) is 4.39 Å². The van der Waals surface area contributed by atoms with E-state index in [1.807, 2.05) is 0 Å². The fourth-order valence-electron chi connectivity index (χ4n) is 2.07. The summed E-state index contributed by atoms with van der Waals surface area (Å²) in [4.78, 5) is 12.6. The van der Waals surface area contributed by atoms with Gasteiger partial charge < -0.3 is 9.47 Å². The van der Waals surface area contributed by atoms with E-state index < -0.39 is 5.82 Å². The highest BCUT2D eigenvalue weighted by Crippen LogP contribution is 2.31. The fraction of sp³-hybridized carbons (Fsp3) is 0.188. The second kappa shape index (κ2) is 6.26. The molecule has 0 saturated heterocycles. The van der Waals surface area contributed by atoms with Crippen LogP contribution in [0.1, 0.15) is 21.5 Å². The Bertz CT molecular complexity index is 678. The van der Waals surface area contributed by atoms with Crippen LogP contribution in [0, 0.1) is 12.7 Å². The molecule has 0 bridgehead atoms. The Labute approximate surface area is 130 Å². The molecule has 0 atom stereocenters. The number of hydrogen-bond donors (Lipinski definition) is 0. The van der Waals surface area contributed by atoms with E-state index in [1.54, 1.807) is 25.1 Å². The minimum absolute atomic E-state index is 0.270. The van der Waals surface area contributed by atoms with Crippen molar-refractivity contribution in [2.45, 2.75) is 6.92 Å². The Morgan fingerprint density at radius 1 is 1.05 bits per heavy atom. The average Bonchev–Trinajstić information content (AvgIpc) is 2.45. The van der Waals surface area contributed by atoms with Gasteiger partial charge in [0, 0.05) is 15.6 Å². The molecule has 21 heavy (non-hydrogen) atoms. The quantitative estimate of drug-likeness (QED) is 0.775. The number of halogens is 2. The summed E-state index contributed by atoms with van der Waals surface area (Å²) in [5.74, 6) is 0.272. The van der Waals surface area contributed by atoms with Gasteiger partial charge in [-0.15, -0.1) is 0 Å². The smallest absolute Gasteiger partial charge is 0.193 e. The third-order valence-electron chi connectivity index (χ3n) is 3.10. The summed E-state index contributed by atoms with van der Waals surface area (Å²) in [5, 5.41) is 0. The third kappa shape index (κ3) is 3.24. The number of ketones is 1. The van der Waals surface area contributed by atoms with E-state index in [4.69, 9.17) is 9.47 Å². The van der Waals surface area contributed by atoms with Gasteiger partial charge in [-0.1, -0.05) is 15.9 Å². The van der Waals surface area contributed by atoms with Crippen LogP contribution >= 0.6 is 15.9 Å². The number of benzene rings is 2. The number of methoxy groups -OCH3 is 2. The van der Waals surface area contributed by atoms with E-state index in [1.165, 1.54) is 26.4 Å². The maximum absolute atomic E-state index is 13.4. The lowest BCUT2D eigenvalue weighted by Crippen LogP contribution is -2.06. The van der Waals surface area contributed by atoms with Gasteiger partial charge in [-0.2, -0.15) is 0 Å². The summed E-state index contributed by atoms with van der Waals surface area (Å²) in [5.41, 5.74) is 1.46. The average molecular weight is 353 g/mol. The van der Waals surface area contributed by atoms with Crippen molar-refractivity contribution in [1.29, 1.82) is 0 Å². The van der Waals surface area contributed by atoms with Gasteiger partial charge in [-0.25, -0.2) is 4.39 Å². The first-order valence-electron chi connectivity index (χ1n) is 6.19. The molecule has 0 aliphatic heterocycles. The predicted molar refractivity (Wildman–Crippen MR) is 81.8 cm³/mol. The molecule has 5 heteroatoms. The van der Waals surface area contributed by atoms with Gasteiger partial charge in [0.05, 0.1) is 14.2 Å². The Kier molecular flexibility index (Phi) is 4.63. The van der Waals surface area contributed by atoms with E-state index in [9.17, 15) is 9.18 Å². The normalized spacial score (nSPS) is 10.3. The maximum atomic E-state index is 13.4. The summed E-state index contributed by atoms with van der Waals surface area (Å²) in [7, 11) is 3.03. The molecule has 0 saturated carbocycles. The molecule has 0 aromatic heterocycles. The predicted octanol–water partition coefficient (Wildman–Crippen LogP) is 4.14. The van der Waals surface area contributed by atoms with Crippen molar-refractivity contribution < 1.29 is 18.7 Å². The zero-order chi connectivity index (χ0) is 15.6. The maximum Gasteiger partial charge on any atom is 0.193 e. The van der Waals surface area contributed by atoms with Crippen LogP contribution in [0.5, 0.6) is 11.5 Å². The number of aryl methyl sites for hydroxylation is 1. The van der Waals surface area contributed by atoms with Crippen LogP contribution in [0.15, 0.2) is 34.8 Å². The zero-order valence-electron chi connectivity index (χ0n) is 11.9. The summed E-state index contributed by atoms with van der Waals surface area (Å²) in [6.45, 7) is 1.80. The van der Waals surface area contributed by atoms with E-state index >= 15 is 0 Å². The summed E-state index contributed by atoms with van der Waals surface area (Å²) in [6, 6.07) is 7.43. The highest BCUT2D eigenvalue weighted by atomic mass is 79.9. The lowest BCUT2D eigenvalue weighted by molar-refractivity contribution is 0.103. The fourth-order valence-corrected chi connectivity index (χ4v) is 2.53. The molecule has 3 nitrogen and oxygen atoms in total. The van der Waals surface area contributed by atoms with Crippen LogP contribution < -0.4 is 9.47 Å². The van der Waals surface area contributed by atoms with Crippen molar-refractivity contribution in [3.8, 4) is 11.5 Å². The van der Waals surface area contributed by atoms with E-state index in [-0.39, 0.29) is 11.3 Å². The minimum atomic E-state index is -0.467. The molecule has 110 valence electrons. The molecule has 2 aromatic rings. The van der Waals surface area contributed by atoms with Crippen molar-refractivity contribution in [3.05, 3.63) is 57.3 Å². The van der Waals surface area contributed by atoms with Gasteiger partial charge in [-0.3, -0.25) is 4.79 Å². The lowest BCUT2D eigenvalue weighted by Gasteiger charge is -2.12. The largest absolute Gasteiger partial charge is 0.493 e. The monoisotopic (exact) mass is 352 g/mol. The first-order valence-corrected chi connectivity index (χ1v) is 6.99. The van der Waals surface area contributed by atoms with Gasteiger partial charge in [0.2, 0.25) is 0 Å². The molecule has 0 heterocycles. The lowest BCUT2D eigenvalue weighted by atomic mass is 9.98. The molecule has 0 amide bonds. The van der Waals surface area contributed by atoms with Gasteiger partial charge in [0.25, 0.3) is 0 Å². The van der Waals surface area contributed by atoms with Crippen molar-refractivity contribution in [3.63, 3.8) is 0 Å². The number of carbonyl (C=O) groups excluding carboxylic acids is 1. The highest BCUT2D eigenvalue weighted by molar-refractivity contribution is 9.10. The van der Waals surface area contributed by atoms with E-state index in [2.05, 4.69) is 15.9 Å². The Balaban J connectivity index is 2.52. The summed E-state index contributed by atoms with van der Waals surface area (Å²) < 4.78 is 24.4. The first-order chi connectivity index (χ1) is 9.96. The molecule has 0 N–H and O–H groups in total. The summed E-state index contributed by atoms with van der Waals surface area (Å²) >= 11 is 3.19. The number of hydrogen-bond acceptors (Lipinski definition) is 3. The minimum Gasteiger partial charge on any atom is -0.493 e. The van der Waals surface area contributed by atoms with Crippen LogP contribution in [0.3, 0.4) is 0 Å². The molecule has 0 unspecified atom stereocenters. The topological polar surface area (TPSA) is 35.5 Å². The number of carbonyl (C=O) groups is 1. The van der Waals surface area contributed by atoms with E-state index in [0.29, 0.717) is 21.5 Å². The van der Waals surface area contributed by atoms with Crippen LogP contribution in [0.2, 0.25) is 0 Å². The van der Waals surface area contributed by atoms with Gasteiger partial charge in [-0.05, 0) is 42.8 Å². The summed E-state index contributed by atoms with van der Waals surface area (Å²) in [6.07, 6.45) is 0. The Morgan fingerprint density at radius 2 is 1.67 bits per heavy atom. The second-order valence-electron chi connectivity index (χ2n) is 4.51. The molecule has 2 rings (SSSR count). The van der Waals surface area contributed by atoms with E-state index in [0.717, 1.165) is 5.56 Å². The number of rotatable bonds is 4. The Morgan fingerprint density at radius 3 is 2.24 bits per heavy atom. The van der Waals surface area contributed by atoms with Crippen molar-refractivity contribution in [2.24, 2.45) is 0 Å². The second-order valence-corrected chi connectivity index (χ2v) is 5.43. The molecule has 0 aliphatic carbocycles. The number of ether oxygens (including phenoxy) is 2. The molecular formula is C16H14BrFO3. The molecular weight excluding hydrogens is 339 g/mol. The van der Waals surface area contributed by atoms with Gasteiger partial charge >= 0.3 is 0 Å². The first kappa shape index (κ1) is 15.5. The molecule has 0 radical (unpaired) electrons. The molecule has 0 fully saturated rings. The zero-order valence-corrected chi connectivity index (χ0v) is 13.5.